The molecule has 2 atom stereocenters. The molecule has 116 valence electrons. The van der Waals surface area contributed by atoms with Gasteiger partial charge in [-0.3, -0.25) is 0 Å². The Bertz CT molecular complexity index is 714. The molecule has 2 aromatic carbocycles. The fourth-order valence-electron chi connectivity index (χ4n) is 4.02. The Morgan fingerprint density at radius 2 is 1.77 bits per heavy atom. The number of likely N-dealkylation sites (tertiary alicyclic amines) is 1. The summed E-state index contributed by atoms with van der Waals surface area (Å²) in [7, 11) is 4.71. The largest absolute Gasteiger partial charge is 1.00 e. The van der Waals surface area contributed by atoms with E-state index in [0.29, 0.717) is 12.0 Å². The van der Waals surface area contributed by atoms with Gasteiger partial charge < -0.3 is 16.9 Å². The van der Waals surface area contributed by atoms with Crippen LogP contribution in [0.5, 0.6) is 0 Å². The summed E-state index contributed by atoms with van der Waals surface area (Å²) in [6.45, 7) is 1.22. The maximum Gasteiger partial charge on any atom is 0.123 e. The van der Waals surface area contributed by atoms with Gasteiger partial charge in [-0.25, -0.2) is 0 Å². The van der Waals surface area contributed by atoms with Crippen molar-refractivity contribution >= 4 is 23.4 Å². The maximum absolute atomic E-state index is 6.31. The normalized spacial score (nSPS) is 24.5. The molecule has 0 aromatic heterocycles. The number of benzene rings is 2. The smallest absolute Gasteiger partial charge is 0.123 e. The van der Waals surface area contributed by atoms with Crippen LogP contribution in [0.3, 0.4) is 0 Å². The van der Waals surface area contributed by atoms with Crippen LogP contribution in [0.2, 0.25) is 5.02 Å². The first-order valence-corrected chi connectivity index (χ1v) is 8.64. The summed E-state index contributed by atoms with van der Waals surface area (Å²) in [5, 5.41) is 0.853. The summed E-state index contributed by atoms with van der Waals surface area (Å²) in [6, 6.07) is 15.8. The number of fused-ring (bicyclic) bond motifs is 5. The van der Waals surface area contributed by atoms with Crippen molar-refractivity contribution in [2.75, 3.05) is 20.6 Å². The molecule has 1 fully saturated rings. The zero-order valence-electron chi connectivity index (χ0n) is 12.7. The molecule has 2 heterocycles. The molecular weight excluding hydrogens is 333 g/mol. The molecular formula is C18H19Cl2NS. The van der Waals surface area contributed by atoms with Crippen molar-refractivity contribution in [1.29, 1.82) is 0 Å². The summed E-state index contributed by atoms with van der Waals surface area (Å²) in [4.78, 5) is 2.78. The fourth-order valence-corrected chi connectivity index (χ4v) is 5.35. The first-order valence-electron chi connectivity index (χ1n) is 7.45. The lowest BCUT2D eigenvalue weighted by Crippen LogP contribution is -3.00. The molecule has 2 unspecified atom stereocenters. The van der Waals surface area contributed by atoms with Crippen LogP contribution >= 0.6 is 23.4 Å². The first kappa shape index (κ1) is 16.2. The average molecular weight is 352 g/mol. The molecule has 2 aromatic rings. The monoisotopic (exact) mass is 351 g/mol. The van der Waals surface area contributed by atoms with Gasteiger partial charge >= 0.3 is 0 Å². The van der Waals surface area contributed by atoms with Gasteiger partial charge in [0.25, 0.3) is 0 Å². The first-order chi connectivity index (χ1) is 10.1. The molecule has 0 amide bonds. The third-order valence-corrected chi connectivity index (χ3v) is 6.40. The van der Waals surface area contributed by atoms with Gasteiger partial charge in [0.2, 0.25) is 0 Å². The molecule has 2 aliphatic rings. The minimum atomic E-state index is 0. The van der Waals surface area contributed by atoms with Gasteiger partial charge in [0.15, 0.2) is 0 Å². The predicted octanol–water partition coefficient (Wildman–Crippen LogP) is 2.11. The topological polar surface area (TPSA) is 0 Å². The van der Waals surface area contributed by atoms with E-state index in [1.54, 1.807) is 0 Å². The number of hydrogen-bond donors (Lipinski definition) is 0. The van der Waals surface area contributed by atoms with Gasteiger partial charge in [-0.15, -0.1) is 0 Å². The molecule has 4 heteroatoms. The van der Waals surface area contributed by atoms with Crippen LogP contribution in [0.4, 0.5) is 0 Å². The molecule has 4 rings (SSSR count). The highest BCUT2D eigenvalue weighted by atomic mass is 35.5. The lowest BCUT2D eigenvalue weighted by atomic mass is 9.87. The summed E-state index contributed by atoms with van der Waals surface area (Å²) in [5.41, 5.74) is 2.94. The lowest BCUT2D eigenvalue weighted by molar-refractivity contribution is -0.909. The zero-order chi connectivity index (χ0) is 14.6. The third-order valence-electron chi connectivity index (χ3n) is 4.98. The number of rotatable bonds is 0. The molecule has 0 bridgehead atoms. The second-order valence-corrected chi connectivity index (χ2v) is 8.18. The van der Waals surface area contributed by atoms with Gasteiger partial charge in [0.1, 0.15) is 6.04 Å². The number of likely N-dealkylation sites (N-methyl/N-ethyl adjacent to an activating group) is 1. The van der Waals surface area contributed by atoms with E-state index in [1.165, 1.54) is 33.9 Å². The highest BCUT2D eigenvalue weighted by molar-refractivity contribution is 7.99. The fraction of sp³-hybridized carbons (Fsp3) is 0.333. The molecule has 22 heavy (non-hydrogen) atoms. The standard InChI is InChI=1S/C18H19ClNS.ClH/c1-20(2)10-9-14-13-5-3-4-6-16(13)21-17-8-7-12(19)11-15(17)18(14)20;/h3-8,11,14,18H,9-10H2,1-2H3;1H/q+1;/p-1. The predicted molar refractivity (Wildman–Crippen MR) is 89.1 cm³/mol. The van der Waals surface area contributed by atoms with E-state index < -0.39 is 0 Å². The van der Waals surface area contributed by atoms with Gasteiger partial charge in [-0.2, -0.15) is 0 Å². The Morgan fingerprint density at radius 3 is 2.59 bits per heavy atom. The number of nitrogens with zero attached hydrogens (tertiary/aromatic N) is 1. The van der Waals surface area contributed by atoms with Crippen molar-refractivity contribution in [3.05, 3.63) is 58.6 Å². The summed E-state index contributed by atoms with van der Waals surface area (Å²) >= 11 is 8.21. The average Bonchev–Trinajstić information content (AvgIpc) is 2.69. The highest BCUT2D eigenvalue weighted by Gasteiger charge is 2.47. The molecule has 2 aliphatic heterocycles. The third kappa shape index (κ3) is 2.46. The van der Waals surface area contributed by atoms with E-state index in [1.807, 2.05) is 17.8 Å². The second kappa shape index (κ2) is 5.76. The van der Waals surface area contributed by atoms with E-state index >= 15 is 0 Å². The van der Waals surface area contributed by atoms with Gasteiger partial charge in [-0.1, -0.05) is 41.6 Å². The van der Waals surface area contributed by atoms with Gasteiger partial charge in [-0.05, 0) is 29.8 Å². The van der Waals surface area contributed by atoms with Gasteiger partial charge in [0, 0.05) is 32.7 Å². The number of hydrogen-bond acceptors (Lipinski definition) is 1. The van der Waals surface area contributed by atoms with E-state index in [9.17, 15) is 0 Å². The van der Waals surface area contributed by atoms with Crippen LogP contribution in [0, 0.1) is 0 Å². The van der Waals surface area contributed by atoms with Crippen molar-refractivity contribution in [2.24, 2.45) is 0 Å². The molecule has 1 saturated heterocycles. The molecule has 0 aliphatic carbocycles. The van der Waals surface area contributed by atoms with Crippen LogP contribution in [0.15, 0.2) is 52.3 Å². The van der Waals surface area contributed by atoms with Crippen molar-refractivity contribution in [1.82, 2.24) is 0 Å². The van der Waals surface area contributed by atoms with E-state index in [0.717, 1.165) is 9.51 Å². The highest BCUT2D eigenvalue weighted by Crippen LogP contribution is 2.54. The molecule has 0 spiro atoms. The lowest BCUT2D eigenvalue weighted by Gasteiger charge is -2.34. The van der Waals surface area contributed by atoms with Crippen LogP contribution in [0.25, 0.3) is 0 Å². The van der Waals surface area contributed by atoms with E-state index in [4.69, 9.17) is 11.6 Å². The number of quaternary nitrogens is 1. The van der Waals surface area contributed by atoms with Crippen LogP contribution < -0.4 is 12.4 Å². The quantitative estimate of drug-likeness (QED) is 0.655. The van der Waals surface area contributed by atoms with E-state index in [-0.39, 0.29) is 12.4 Å². The Labute approximate surface area is 147 Å². The summed E-state index contributed by atoms with van der Waals surface area (Å²) in [5.74, 6) is 0.600. The Hall–Kier alpha value is -0.670. The van der Waals surface area contributed by atoms with Crippen LogP contribution in [-0.4, -0.2) is 25.1 Å². The van der Waals surface area contributed by atoms with Crippen molar-refractivity contribution in [2.45, 2.75) is 28.2 Å². The SMILES string of the molecule is C[N+]1(C)CCC2c3ccccc3Sc3ccc(Cl)cc3C21.[Cl-]. The van der Waals surface area contributed by atoms with Crippen molar-refractivity contribution in [3.63, 3.8) is 0 Å². The molecule has 0 N–H and O–H groups in total. The minimum Gasteiger partial charge on any atom is -1.00 e. The second-order valence-electron chi connectivity index (χ2n) is 6.66. The Kier molecular flexibility index (Phi) is 4.24. The zero-order valence-corrected chi connectivity index (χ0v) is 15.1. The van der Waals surface area contributed by atoms with Crippen molar-refractivity contribution < 1.29 is 16.9 Å². The summed E-state index contributed by atoms with van der Waals surface area (Å²) < 4.78 is 1.05. The summed E-state index contributed by atoms with van der Waals surface area (Å²) in [6.07, 6.45) is 1.25. The van der Waals surface area contributed by atoms with Crippen LogP contribution in [-0.2, 0) is 0 Å². The molecule has 1 nitrogen and oxygen atoms in total. The Morgan fingerprint density at radius 1 is 1.05 bits per heavy atom. The van der Waals surface area contributed by atoms with Gasteiger partial charge in [0.05, 0.1) is 20.6 Å². The van der Waals surface area contributed by atoms with Crippen molar-refractivity contribution in [3.8, 4) is 0 Å². The van der Waals surface area contributed by atoms with Crippen LogP contribution in [0.1, 0.15) is 29.5 Å². The maximum atomic E-state index is 6.31. The molecule has 0 saturated carbocycles. The minimum absolute atomic E-state index is 0. The molecule has 0 radical (unpaired) electrons. The van der Waals surface area contributed by atoms with E-state index in [2.05, 4.69) is 50.5 Å². The Balaban J connectivity index is 0.00000144. The number of halogens is 2.